The van der Waals surface area contributed by atoms with Gasteiger partial charge in [-0.05, 0) is 32.9 Å². The first-order valence-corrected chi connectivity index (χ1v) is 7.99. The van der Waals surface area contributed by atoms with Gasteiger partial charge in [0, 0.05) is 5.25 Å². The molecule has 114 valence electrons. The van der Waals surface area contributed by atoms with Gasteiger partial charge < -0.3 is 20.1 Å². The molecule has 0 spiro atoms. The van der Waals surface area contributed by atoms with Crippen molar-refractivity contribution in [2.75, 3.05) is 38.5 Å². The molecule has 0 aliphatic carbocycles. The molecule has 7 heteroatoms. The number of ether oxygens (including phenoxy) is 1. The maximum atomic E-state index is 12.0. The van der Waals surface area contributed by atoms with Crippen LogP contribution >= 0.6 is 11.8 Å². The second-order valence-corrected chi connectivity index (χ2v) is 6.93. The number of nitrogens with one attached hydrogen (secondary N) is 1. The van der Waals surface area contributed by atoms with Gasteiger partial charge in [-0.3, -0.25) is 4.79 Å². The first-order chi connectivity index (χ1) is 9.48. The minimum absolute atomic E-state index is 0.130. The van der Waals surface area contributed by atoms with Crippen LogP contribution < -0.4 is 5.32 Å². The second kappa shape index (κ2) is 6.78. The van der Waals surface area contributed by atoms with E-state index in [9.17, 15) is 9.59 Å². The number of carboxylic acids is 1. The number of thioether (sulfide) groups is 1. The quantitative estimate of drug-likeness (QED) is 0.728. The molecule has 2 N–H and O–H groups in total. The summed E-state index contributed by atoms with van der Waals surface area (Å²) in [5.41, 5.74) is -0.493. The third-order valence-corrected chi connectivity index (χ3v) is 5.03. The largest absolute Gasteiger partial charge is 0.480 e. The van der Waals surface area contributed by atoms with Crippen LogP contribution in [-0.2, 0) is 14.3 Å². The Morgan fingerprint density at radius 3 is 2.65 bits per heavy atom. The maximum Gasteiger partial charge on any atom is 0.329 e. The lowest BCUT2D eigenvalue weighted by atomic mass is 9.96. The molecule has 20 heavy (non-hydrogen) atoms. The van der Waals surface area contributed by atoms with Crippen molar-refractivity contribution in [2.24, 2.45) is 0 Å². The molecule has 0 aromatic rings. The number of rotatable bonds is 6. The fraction of sp³-hybridized carbons (Fsp3) is 0.846. The van der Waals surface area contributed by atoms with Crippen LogP contribution in [0.3, 0.4) is 0 Å². The number of carboxylic acid groups (broad SMARTS) is 1. The van der Waals surface area contributed by atoms with E-state index in [1.807, 2.05) is 6.92 Å². The highest BCUT2D eigenvalue weighted by molar-refractivity contribution is 8.00. The average molecular weight is 302 g/mol. The second-order valence-electron chi connectivity index (χ2n) is 5.64. The van der Waals surface area contributed by atoms with Crippen molar-refractivity contribution in [3.8, 4) is 0 Å². The first kappa shape index (κ1) is 15.6. The van der Waals surface area contributed by atoms with Crippen molar-refractivity contribution in [3.05, 3.63) is 0 Å². The van der Waals surface area contributed by atoms with E-state index in [0.717, 1.165) is 25.9 Å². The van der Waals surface area contributed by atoms with Crippen molar-refractivity contribution in [1.82, 2.24) is 10.2 Å². The summed E-state index contributed by atoms with van der Waals surface area (Å²) in [7, 11) is 0. The third-order valence-electron chi connectivity index (χ3n) is 3.68. The summed E-state index contributed by atoms with van der Waals surface area (Å²) in [6.07, 6.45) is 2.24. The lowest BCUT2D eigenvalue weighted by Gasteiger charge is -2.47. The van der Waals surface area contributed by atoms with Gasteiger partial charge in [0.1, 0.15) is 12.2 Å². The van der Waals surface area contributed by atoms with E-state index in [0.29, 0.717) is 24.1 Å². The zero-order valence-corrected chi connectivity index (χ0v) is 12.6. The van der Waals surface area contributed by atoms with Crippen LogP contribution in [0.25, 0.3) is 0 Å². The zero-order valence-electron chi connectivity index (χ0n) is 11.8. The number of carbonyl (C=O) groups is 2. The van der Waals surface area contributed by atoms with Gasteiger partial charge in [-0.1, -0.05) is 0 Å². The summed E-state index contributed by atoms with van der Waals surface area (Å²) >= 11 is 1.74. The molecule has 0 atom stereocenters. The summed E-state index contributed by atoms with van der Waals surface area (Å²) in [5, 5.41) is 12.5. The molecular weight excluding hydrogens is 280 g/mol. The van der Waals surface area contributed by atoms with Gasteiger partial charge in [0.25, 0.3) is 0 Å². The van der Waals surface area contributed by atoms with Gasteiger partial charge in [-0.2, -0.15) is 0 Å². The summed E-state index contributed by atoms with van der Waals surface area (Å²) in [5.74, 6) is -0.331. The highest BCUT2D eigenvalue weighted by Crippen LogP contribution is 2.27. The van der Waals surface area contributed by atoms with E-state index in [1.54, 1.807) is 16.7 Å². The molecule has 2 rings (SSSR count). The maximum absolute atomic E-state index is 12.0. The molecule has 0 aromatic carbocycles. The molecule has 2 saturated heterocycles. The summed E-state index contributed by atoms with van der Waals surface area (Å²) in [6.45, 7) is 4.60. The molecule has 2 aliphatic rings. The van der Waals surface area contributed by atoms with Crippen LogP contribution in [0.5, 0.6) is 0 Å². The van der Waals surface area contributed by atoms with Gasteiger partial charge >= 0.3 is 5.97 Å². The van der Waals surface area contributed by atoms with Gasteiger partial charge in [0.2, 0.25) is 5.91 Å². The highest BCUT2D eigenvalue weighted by Gasteiger charge is 2.42. The molecule has 0 radical (unpaired) electrons. The Kier molecular flexibility index (Phi) is 5.29. The Labute approximate surface area is 123 Å². The van der Waals surface area contributed by atoms with E-state index < -0.39 is 11.6 Å². The fourth-order valence-electron chi connectivity index (χ4n) is 2.51. The summed E-state index contributed by atoms with van der Waals surface area (Å²) < 4.78 is 5.29. The number of likely N-dealkylation sites (tertiary alicyclic amines) is 1. The highest BCUT2D eigenvalue weighted by atomic mass is 32.2. The van der Waals surface area contributed by atoms with Gasteiger partial charge in [-0.25, -0.2) is 4.79 Å². The van der Waals surface area contributed by atoms with Crippen LogP contribution in [-0.4, -0.2) is 71.3 Å². The Hall–Kier alpha value is -0.790. The molecule has 6 nitrogen and oxygen atoms in total. The first-order valence-electron chi connectivity index (χ1n) is 6.94. The van der Waals surface area contributed by atoms with E-state index >= 15 is 0 Å². The fourth-order valence-corrected chi connectivity index (χ4v) is 3.64. The number of aliphatic carboxylic acids is 1. The summed E-state index contributed by atoms with van der Waals surface area (Å²) in [4.78, 5) is 24.2. The van der Waals surface area contributed by atoms with Gasteiger partial charge in [-0.15, -0.1) is 11.8 Å². The molecule has 0 aromatic heterocycles. The SMILES string of the molecule is CC1(OCC(=O)O)CN(C(=O)CSC2CCNCC2)C1. The molecular formula is C13H22N2O4S. The standard InChI is InChI=1S/C13H22N2O4S/c1-13(19-6-12(17)18)8-15(9-13)11(16)7-20-10-2-4-14-5-3-10/h10,14H,2-9H2,1H3,(H,17,18). The van der Waals surface area contributed by atoms with E-state index in [2.05, 4.69) is 5.32 Å². The Morgan fingerprint density at radius 2 is 2.05 bits per heavy atom. The molecule has 2 heterocycles. The van der Waals surface area contributed by atoms with Gasteiger partial charge in [0.05, 0.1) is 18.8 Å². The van der Waals surface area contributed by atoms with Crippen LogP contribution in [0.1, 0.15) is 19.8 Å². The van der Waals surface area contributed by atoms with E-state index in [4.69, 9.17) is 9.84 Å². The lowest BCUT2D eigenvalue weighted by molar-refractivity contribution is -0.171. The smallest absolute Gasteiger partial charge is 0.329 e. The van der Waals surface area contributed by atoms with E-state index in [-0.39, 0.29) is 12.5 Å². The average Bonchev–Trinajstić information content (AvgIpc) is 2.40. The van der Waals surface area contributed by atoms with Crippen LogP contribution in [0.15, 0.2) is 0 Å². The van der Waals surface area contributed by atoms with Crippen molar-refractivity contribution in [1.29, 1.82) is 0 Å². The predicted molar refractivity (Wildman–Crippen MR) is 76.9 cm³/mol. The number of hydrogen-bond acceptors (Lipinski definition) is 5. The number of carbonyl (C=O) groups excluding carboxylic acids is 1. The molecule has 2 fully saturated rings. The normalized spacial score (nSPS) is 22.4. The Balaban J connectivity index is 1.64. The lowest BCUT2D eigenvalue weighted by Crippen LogP contribution is -2.63. The monoisotopic (exact) mass is 302 g/mol. The van der Waals surface area contributed by atoms with E-state index in [1.165, 1.54) is 0 Å². The number of nitrogens with zero attached hydrogens (tertiary/aromatic N) is 1. The van der Waals surface area contributed by atoms with Gasteiger partial charge in [0.15, 0.2) is 0 Å². The summed E-state index contributed by atoms with van der Waals surface area (Å²) in [6, 6.07) is 0. The van der Waals surface area contributed by atoms with Crippen molar-refractivity contribution in [2.45, 2.75) is 30.6 Å². The predicted octanol–water partition coefficient (Wildman–Crippen LogP) is 0.174. The van der Waals surface area contributed by atoms with Crippen molar-refractivity contribution < 1.29 is 19.4 Å². The molecule has 1 amide bonds. The topological polar surface area (TPSA) is 78.9 Å². The minimum atomic E-state index is -0.975. The number of amides is 1. The van der Waals surface area contributed by atoms with Crippen LogP contribution in [0, 0.1) is 0 Å². The number of piperidine rings is 1. The molecule has 2 aliphatic heterocycles. The van der Waals surface area contributed by atoms with Crippen LogP contribution in [0.2, 0.25) is 0 Å². The van der Waals surface area contributed by atoms with Crippen molar-refractivity contribution >= 4 is 23.6 Å². The van der Waals surface area contributed by atoms with Crippen LogP contribution in [0.4, 0.5) is 0 Å². The molecule has 0 unspecified atom stereocenters. The number of hydrogen-bond donors (Lipinski definition) is 2. The molecule has 0 bridgehead atoms. The Morgan fingerprint density at radius 1 is 1.40 bits per heavy atom. The zero-order chi connectivity index (χ0) is 14.6. The third kappa shape index (κ3) is 4.36. The Bertz CT molecular complexity index is 365. The minimum Gasteiger partial charge on any atom is -0.480 e. The molecule has 0 saturated carbocycles. The van der Waals surface area contributed by atoms with Crippen molar-refractivity contribution in [3.63, 3.8) is 0 Å².